The van der Waals surface area contributed by atoms with Gasteiger partial charge in [-0.25, -0.2) is 0 Å². The van der Waals surface area contributed by atoms with Gasteiger partial charge in [0.2, 0.25) is 0 Å². The highest BCUT2D eigenvalue weighted by molar-refractivity contribution is 5.96. The Bertz CT molecular complexity index is 412. The van der Waals surface area contributed by atoms with E-state index in [9.17, 15) is 9.90 Å². The van der Waals surface area contributed by atoms with Crippen molar-refractivity contribution >= 4 is 5.91 Å². The molecule has 1 rings (SSSR count). The molecule has 1 aromatic rings. The van der Waals surface area contributed by atoms with Crippen molar-refractivity contribution in [1.29, 1.82) is 0 Å². The summed E-state index contributed by atoms with van der Waals surface area (Å²) >= 11 is 0. The van der Waals surface area contributed by atoms with E-state index in [0.29, 0.717) is 18.5 Å². The Morgan fingerprint density at radius 1 is 1.37 bits per heavy atom. The summed E-state index contributed by atoms with van der Waals surface area (Å²) in [5, 5.41) is 21.5. The first-order valence-electron chi connectivity index (χ1n) is 6.77. The van der Waals surface area contributed by atoms with Gasteiger partial charge in [-0.3, -0.25) is 4.79 Å². The second-order valence-electron chi connectivity index (χ2n) is 4.90. The van der Waals surface area contributed by atoms with Crippen LogP contribution in [0.4, 0.5) is 0 Å². The van der Waals surface area contributed by atoms with E-state index in [2.05, 4.69) is 12.2 Å². The van der Waals surface area contributed by atoms with E-state index >= 15 is 0 Å². The second kappa shape index (κ2) is 7.79. The molecule has 0 spiro atoms. The molecular formula is C15H23NO3. The number of aromatic hydroxyl groups is 1. The van der Waals surface area contributed by atoms with E-state index in [1.807, 2.05) is 6.92 Å². The van der Waals surface area contributed by atoms with Crippen molar-refractivity contribution < 1.29 is 15.0 Å². The van der Waals surface area contributed by atoms with Gasteiger partial charge < -0.3 is 15.5 Å². The molecule has 0 aliphatic rings. The van der Waals surface area contributed by atoms with Crippen molar-refractivity contribution in [3.05, 3.63) is 29.3 Å². The molecule has 1 atom stereocenters. The zero-order valence-electron chi connectivity index (χ0n) is 11.6. The van der Waals surface area contributed by atoms with Crippen LogP contribution in [0.25, 0.3) is 0 Å². The molecule has 0 heterocycles. The molecule has 0 aliphatic heterocycles. The Labute approximate surface area is 114 Å². The molecule has 0 aliphatic carbocycles. The van der Waals surface area contributed by atoms with Gasteiger partial charge in [0, 0.05) is 13.2 Å². The summed E-state index contributed by atoms with van der Waals surface area (Å²) in [4.78, 5) is 12.0. The maximum atomic E-state index is 12.0. The number of phenols is 1. The topological polar surface area (TPSA) is 69.6 Å². The predicted molar refractivity (Wildman–Crippen MR) is 75.3 cm³/mol. The highest BCUT2D eigenvalue weighted by atomic mass is 16.3. The van der Waals surface area contributed by atoms with Gasteiger partial charge in [0.25, 0.3) is 5.91 Å². The van der Waals surface area contributed by atoms with Gasteiger partial charge in [-0.15, -0.1) is 0 Å². The molecule has 0 saturated heterocycles. The van der Waals surface area contributed by atoms with E-state index in [0.717, 1.165) is 18.4 Å². The van der Waals surface area contributed by atoms with Crippen LogP contribution in [0.2, 0.25) is 0 Å². The van der Waals surface area contributed by atoms with Crippen LogP contribution < -0.4 is 5.32 Å². The fourth-order valence-electron chi connectivity index (χ4n) is 2.11. The van der Waals surface area contributed by atoms with Crippen LogP contribution in [0.5, 0.6) is 5.75 Å². The number of amides is 1. The number of aliphatic hydroxyl groups excluding tert-OH is 1. The lowest BCUT2D eigenvalue weighted by Gasteiger charge is -2.16. The summed E-state index contributed by atoms with van der Waals surface area (Å²) in [6.45, 7) is 4.61. The van der Waals surface area contributed by atoms with Gasteiger partial charge in [0.05, 0.1) is 5.56 Å². The first-order chi connectivity index (χ1) is 9.08. The average molecular weight is 265 g/mol. The van der Waals surface area contributed by atoms with Crippen molar-refractivity contribution in [2.75, 3.05) is 13.2 Å². The zero-order chi connectivity index (χ0) is 14.3. The molecule has 4 nitrogen and oxygen atoms in total. The molecule has 0 saturated carbocycles. The number of nitrogens with one attached hydrogen (secondary N) is 1. The van der Waals surface area contributed by atoms with Gasteiger partial charge in [-0.2, -0.15) is 0 Å². The monoisotopic (exact) mass is 265 g/mol. The predicted octanol–water partition coefficient (Wildman–Crippen LogP) is 2.23. The lowest BCUT2D eigenvalue weighted by molar-refractivity contribution is 0.0940. The third-order valence-electron chi connectivity index (χ3n) is 3.18. The number of hydrogen-bond donors (Lipinski definition) is 3. The molecule has 4 heteroatoms. The smallest absolute Gasteiger partial charge is 0.255 e. The molecule has 3 N–H and O–H groups in total. The summed E-state index contributed by atoms with van der Waals surface area (Å²) in [5.74, 6) is 0.0229. The Morgan fingerprint density at radius 2 is 2.11 bits per heavy atom. The third kappa shape index (κ3) is 4.91. The molecule has 19 heavy (non-hydrogen) atoms. The number of phenolic OH excluding ortho intramolecular Hbond substituents is 1. The summed E-state index contributed by atoms with van der Waals surface area (Å²) in [6, 6.07) is 5.00. The minimum absolute atomic E-state index is 0.00620. The number of carbonyl (C=O) groups is 1. The number of hydrogen-bond acceptors (Lipinski definition) is 3. The molecule has 0 bridgehead atoms. The quantitative estimate of drug-likeness (QED) is 0.708. The van der Waals surface area contributed by atoms with Crippen molar-refractivity contribution in [2.24, 2.45) is 5.92 Å². The molecular weight excluding hydrogens is 242 g/mol. The molecule has 0 aromatic heterocycles. The lowest BCUT2D eigenvalue weighted by Crippen LogP contribution is -2.29. The zero-order valence-corrected chi connectivity index (χ0v) is 11.6. The van der Waals surface area contributed by atoms with Gasteiger partial charge in [0.15, 0.2) is 0 Å². The summed E-state index contributed by atoms with van der Waals surface area (Å²) in [5.41, 5.74) is 1.21. The van der Waals surface area contributed by atoms with Crippen LogP contribution in [-0.4, -0.2) is 29.3 Å². The third-order valence-corrected chi connectivity index (χ3v) is 3.18. The summed E-state index contributed by atoms with van der Waals surface area (Å²) in [6.07, 6.45) is 2.69. The van der Waals surface area contributed by atoms with E-state index in [4.69, 9.17) is 5.11 Å². The SMILES string of the molecule is CCCC(CCO)CNC(=O)c1ccc(C)cc1O. The highest BCUT2D eigenvalue weighted by Crippen LogP contribution is 2.18. The number of aliphatic hydroxyl groups is 1. The van der Waals surface area contributed by atoms with Crippen molar-refractivity contribution in [1.82, 2.24) is 5.32 Å². The van der Waals surface area contributed by atoms with E-state index in [1.165, 1.54) is 0 Å². The molecule has 0 fully saturated rings. The highest BCUT2D eigenvalue weighted by Gasteiger charge is 2.13. The minimum atomic E-state index is -0.267. The lowest BCUT2D eigenvalue weighted by atomic mass is 10.00. The molecule has 1 unspecified atom stereocenters. The number of rotatable bonds is 7. The van der Waals surface area contributed by atoms with Crippen LogP contribution >= 0.6 is 0 Å². The van der Waals surface area contributed by atoms with Crippen LogP contribution in [0.1, 0.15) is 42.1 Å². The van der Waals surface area contributed by atoms with Gasteiger partial charge in [0.1, 0.15) is 5.75 Å². The second-order valence-corrected chi connectivity index (χ2v) is 4.90. The van der Waals surface area contributed by atoms with Crippen molar-refractivity contribution in [3.63, 3.8) is 0 Å². The largest absolute Gasteiger partial charge is 0.507 e. The molecule has 106 valence electrons. The molecule has 0 radical (unpaired) electrons. The van der Waals surface area contributed by atoms with Crippen LogP contribution in [0.15, 0.2) is 18.2 Å². The number of carbonyl (C=O) groups excluding carboxylic acids is 1. The fourth-order valence-corrected chi connectivity index (χ4v) is 2.11. The maximum Gasteiger partial charge on any atom is 0.255 e. The fraction of sp³-hybridized carbons (Fsp3) is 0.533. The van der Waals surface area contributed by atoms with Crippen LogP contribution in [0, 0.1) is 12.8 Å². The summed E-state index contributed by atoms with van der Waals surface area (Å²) < 4.78 is 0. The Hall–Kier alpha value is -1.55. The Kier molecular flexibility index (Phi) is 6.36. The van der Waals surface area contributed by atoms with Crippen LogP contribution in [0.3, 0.4) is 0 Å². The first kappa shape index (κ1) is 15.5. The normalized spacial score (nSPS) is 12.2. The average Bonchev–Trinajstić information content (AvgIpc) is 2.36. The van der Waals surface area contributed by atoms with Crippen LogP contribution in [-0.2, 0) is 0 Å². The minimum Gasteiger partial charge on any atom is -0.507 e. The van der Waals surface area contributed by atoms with Crippen molar-refractivity contribution in [2.45, 2.75) is 33.1 Å². The molecule has 1 amide bonds. The Balaban J connectivity index is 2.58. The maximum absolute atomic E-state index is 12.0. The van der Waals surface area contributed by atoms with Gasteiger partial charge in [-0.05, 0) is 43.4 Å². The molecule has 1 aromatic carbocycles. The van der Waals surface area contributed by atoms with Gasteiger partial charge >= 0.3 is 0 Å². The van der Waals surface area contributed by atoms with E-state index in [-0.39, 0.29) is 24.2 Å². The van der Waals surface area contributed by atoms with E-state index in [1.54, 1.807) is 18.2 Å². The number of aryl methyl sites for hydroxylation is 1. The summed E-state index contributed by atoms with van der Waals surface area (Å²) in [7, 11) is 0. The number of benzene rings is 1. The Morgan fingerprint density at radius 3 is 2.68 bits per heavy atom. The van der Waals surface area contributed by atoms with E-state index < -0.39 is 0 Å². The van der Waals surface area contributed by atoms with Gasteiger partial charge in [-0.1, -0.05) is 19.4 Å². The standard InChI is InChI=1S/C15H23NO3/c1-3-4-12(7-8-17)10-16-15(19)13-6-5-11(2)9-14(13)18/h5-6,9,12,17-18H,3-4,7-8,10H2,1-2H3,(H,16,19). The first-order valence-corrected chi connectivity index (χ1v) is 6.77. The van der Waals surface area contributed by atoms with Crippen molar-refractivity contribution in [3.8, 4) is 5.75 Å².